The Labute approximate surface area is 108 Å². The van der Waals surface area contributed by atoms with E-state index in [-0.39, 0.29) is 0 Å². The lowest BCUT2D eigenvalue weighted by molar-refractivity contribution is 0.734. The summed E-state index contributed by atoms with van der Waals surface area (Å²) >= 11 is 0. The second-order valence-electron chi connectivity index (χ2n) is 4.70. The third-order valence-corrected chi connectivity index (χ3v) is 3.48. The number of benzene rings is 1. The molecule has 0 aliphatic carbocycles. The maximum absolute atomic E-state index is 5.60. The summed E-state index contributed by atoms with van der Waals surface area (Å²) in [6.07, 6.45) is 3.74. The van der Waals surface area contributed by atoms with Crippen molar-refractivity contribution in [2.45, 2.75) is 32.6 Å². The lowest BCUT2D eigenvalue weighted by Gasteiger charge is -2.09. The molecule has 1 aromatic carbocycles. The first-order valence-corrected chi connectivity index (χ1v) is 6.59. The van der Waals surface area contributed by atoms with Crippen molar-refractivity contribution in [3.05, 3.63) is 41.9 Å². The van der Waals surface area contributed by atoms with Crippen LogP contribution in [0.3, 0.4) is 0 Å². The number of nitrogens with zero attached hydrogens (tertiary/aromatic N) is 1. The largest absolute Gasteiger partial charge is 0.348 e. The minimum absolute atomic E-state index is 0.613. The molecule has 2 aromatic rings. The van der Waals surface area contributed by atoms with Crippen molar-refractivity contribution in [2.24, 2.45) is 5.73 Å². The molecule has 0 bridgehead atoms. The van der Waals surface area contributed by atoms with Gasteiger partial charge in [-0.05, 0) is 24.4 Å². The van der Waals surface area contributed by atoms with Crippen LogP contribution in [-0.2, 0) is 6.42 Å². The molecule has 0 spiro atoms. The van der Waals surface area contributed by atoms with E-state index in [0.717, 1.165) is 23.4 Å². The van der Waals surface area contributed by atoms with Crippen LogP contribution in [0.2, 0.25) is 0 Å². The van der Waals surface area contributed by atoms with Gasteiger partial charge in [0.05, 0.1) is 12.0 Å². The fraction of sp³-hybridized carbons (Fsp3) is 0.400. The van der Waals surface area contributed by atoms with Gasteiger partial charge < -0.3 is 10.7 Å². The Morgan fingerprint density at radius 1 is 1.28 bits per heavy atom. The van der Waals surface area contributed by atoms with Gasteiger partial charge >= 0.3 is 0 Å². The molecule has 0 aliphatic heterocycles. The van der Waals surface area contributed by atoms with Gasteiger partial charge in [0.2, 0.25) is 0 Å². The van der Waals surface area contributed by atoms with Crippen LogP contribution in [0.4, 0.5) is 0 Å². The SMILES string of the molecule is CCC(C)c1ccc(-c2nc[nH]c2CCN)cc1. The summed E-state index contributed by atoms with van der Waals surface area (Å²) in [5, 5.41) is 0. The molecule has 1 aromatic heterocycles. The molecule has 0 radical (unpaired) electrons. The number of aromatic nitrogens is 2. The highest BCUT2D eigenvalue weighted by Gasteiger charge is 2.08. The standard InChI is InChI=1S/C15H21N3/c1-3-11(2)12-4-6-13(7-5-12)15-14(8-9-16)17-10-18-15/h4-7,10-11H,3,8-9,16H2,1-2H3,(H,17,18). The second kappa shape index (κ2) is 5.83. The van der Waals surface area contributed by atoms with Gasteiger partial charge in [0.25, 0.3) is 0 Å². The lowest BCUT2D eigenvalue weighted by atomic mass is 9.96. The lowest BCUT2D eigenvalue weighted by Crippen LogP contribution is -2.04. The van der Waals surface area contributed by atoms with Crippen molar-refractivity contribution in [2.75, 3.05) is 6.54 Å². The molecule has 1 unspecified atom stereocenters. The summed E-state index contributed by atoms with van der Waals surface area (Å²) in [4.78, 5) is 7.55. The molecular formula is C15H21N3. The van der Waals surface area contributed by atoms with Crippen molar-refractivity contribution in [1.82, 2.24) is 9.97 Å². The average Bonchev–Trinajstić information content (AvgIpc) is 2.87. The zero-order valence-corrected chi connectivity index (χ0v) is 11.1. The van der Waals surface area contributed by atoms with Crippen molar-refractivity contribution in [3.8, 4) is 11.3 Å². The fourth-order valence-electron chi connectivity index (χ4n) is 2.11. The molecule has 0 saturated carbocycles. The van der Waals surface area contributed by atoms with Crippen LogP contribution < -0.4 is 5.73 Å². The average molecular weight is 243 g/mol. The Morgan fingerprint density at radius 2 is 2.00 bits per heavy atom. The third kappa shape index (κ3) is 2.62. The van der Waals surface area contributed by atoms with Crippen LogP contribution in [0, 0.1) is 0 Å². The maximum Gasteiger partial charge on any atom is 0.0929 e. The first kappa shape index (κ1) is 12.8. The minimum atomic E-state index is 0.613. The molecule has 1 heterocycles. The van der Waals surface area contributed by atoms with Crippen LogP contribution in [0.1, 0.15) is 37.4 Å². The molecule has 18 heavy (non-hydrogen) atoms. The van der Waals surface area contributed by atoms with Crippen LogP contribution in [0.25, 0.3) is 11.3 Å². The predicted octanol–water partition coefficient (Wildman–Crippen LogP) is 3.09. The Morgan fingerprint density at radius 3 is 2.61 bits per heavy atom. The zero-order chi connectivity index (χ0) is 13.0. The van der Waals surface area contributed by atoms with Gasteiger partial charge in [0, 0.05) is 17.7 Å². The molecule has 0 aliphatic rings. The first-order chi connectivity index (χ1) is 8.76. The number of hydrogen-bond acceptors (Lipinski definition) is 2. The second-order valence-corrected chi connectivity index (χ2v) is 4.70. The highest BCUT2D eigenvalue weighted by atomic mass is 14.9. The number of aromatic amines is 1. The fourth-order valence-corrected chi connectivity index (χ4v) is 2.11. The Hall–Kier alpha value is -1.61. The van der Waals surface area contributed by atoms with Gasteiger partial charge in [0.15, 0.2) is 0 Å². The van der Waals surface area contributed by atoms with Crippen LogP contribution in [0.5, 0.6) is 0 Å². The van der Waals surface area contributed by atoms with E-state index in [1.165, 1.54) is 12.0 Å². The van der Waals surface area contributed by atoms with Gasteiger partial charge in [-0.15, -0.1) is 0 Å². The van der Waals surface area contributed by atoms with Crippen LogP contribution >= 0.6 is 0 Å². The van der Waals surface area contributed by atoms with E-state index in [0.29, 0.717) is 12.5 Å². The molecule has 3 nitrogen and oxygen atoms in total. The van der Waals surface area contributed by atoms with Crippen molar-refractivity contribution >= 4 is 0 Å². The highest BCUT2D eigenvalue weighted by Crippen LogP contribution is 2.24. The quantitative estimate of drug-likeness (QED) is 0.847. The van der Waals surface area contributed by atoms with Crippen LogP contribution in [0.15, 0.2) is 30.6 Å². The summed E-state index contributed by atoms with van der Waals surface area (Å²) in [7, 11) is 0. The van der Waals surface area contributed by atoms with Gasteiger partial charge in [-0.2, -0.15) is 0 Å². The van der Waals surface area contributed by atoms with Gasteiger partial charge in [-0.1, -0.05) is 38.1 Å². The molecule has 3 heteroatoms. The van der Waals surface area contributed by atoms with E-state index in [4.69, 9.17) is 5.73 Å². The van der Waals surface area contributed by atoms with Crippen molar-refractivity contribution < 1.29 is 0 Å². The number of nitrogens with one attached hydrogen (secondary N) is 1. The molecule has 0 saturated heterocycles. The van der Waals surface area contributed by atoms with Gasteiger partial charge in [-0.3, -0.25) is 0 Å². The topological polar surface area (TPSA) is 54.7 Å². The summed E-state index contributed by atoms with van der Waals surface area (Å²) in [6.45, 7) is 5.11. The Kier molecular flexibility index (Phi) is 4.15. The van der Waals surface area contributed by atoms with Gasteiger partial charge in [0.1, 0.15) is 0 Å². The van der Waals surface area contributed by atoms with Crippen LogP contribution in [-0.4, -0.2) is 16.5 Å². The van der Waals surface area contributed by atoms with E-state index >= 15 is 0 Å². The number of rotatable bonds is 5. The maximum atomic E-state index is 5.60. The number of hydrogen-bond donors (Lipinski definition) is 2. The first-order valence-electron chi connectivity index (χ1n) is 6.59. The molecular weight excluding hydrogens is 222 g/mol. The monoisotopic (exact) mass is 243 g/mol. The van der Waals surface area contributed by atoms with E-state index in [2.05, 4.69) is 48.1 Å². The molecule has 0 fully saturated rings. The van der Waals surface area contributed by atoms with E-state index < -0.39 is 0 Å². The van der Waals surface area contributed by atoms with Gasteiger partial charge in [-0.25, -0.2) is 4.98 Å². The molecule has 96 valence electrons. The number of imidazole rings is 1. The molecule has 2 rings (SSSR count). The highest BCUT2D eigenvalue weighted by molar-refractivity contribution is 5.62. The summed E-state index contributed by atoms with van der Waals surface area (Å²) < 4.78 is 0. The zero-order valence-electron chi connectivity index (χ0n) is 11.1. The molecule has 1 atom stereocenters. The Balaban J connectivity index is 2.26. The van der Waals surface area contributed by atoms with Crippen molar-refractivity contribution in [3.63, 3.8) is 0 Å². The molecule has 0 amide bonds. The number of nitrogens with two attached hydrogens (primary N) is 1. The van der Waals surface area contributed by atoms with E-state index in [9.17, 15) is 0 Å². The Bertz CT molecular complexity index is 485. The van der Waals surface area contributed by atoms with E-state index in [1.54, 1.807) is 6.33 Å². The van der Waals surface area contributed by atoms with Crippen molar-refractivity contribution in [1.29, 1.82) is 0 Å². The number of H-pyrrole nitrogens is 1. The summed E-state index contributed by atoms with van der Waals surface area (Å²) in [5.74, 6) is 0.613. The summed E-state index contributed by atoms with van der Waals surface area (Å²) in [6, 6.07) is 8.70. The normalized spacial score (nSPS) is 12.6. The third-order valence-electron chi connectivity index (χ3n) is 3.48. The van der Waals surface area contributed by atoms with E-state index in [1.807, 2.05) is 0 Å². The predicted molar refractivity (Wildman–Crippen MR) is 75.5 cm³/mol. The smallest absolute Gasteiger partial charge is 0.0929 e. The molecule has 3 N–H and O–H groups in total. The minimum Gasteiger partial charge on any atom is -0.348 e. The summed E-state index contributed by atoms with van der Waals surface area (Å²) in [5.41, 5.74) is 10.3.